The molecule has 0 aromatic heterocycles. The summed E-state index contributed by atoms with van der Waals surface area (Å²) in [7, 11) is 0. The number of carboxylic acid groups (broad SMARTS) is 1. The van der Waals surface area contributed by atoms with Gasteiger partial charge in [-0.25, -0.2) is 4.79 Å². The minimum absolute atomic E-state index is 0.0626. The number of piperazine rings is 2. The van der Waals surface area contributed by atoms with E-state index in [9.17, 15) is 19.2 Å². The summed E-state index contributed by atoms with van der Waals surface area (Å²) in [5.41, 5.74) is 4.19. The number of amides is 2. The average Bonchev–Trinajstić information content (AvgIpc) is 2.91. The Bertz CT molecular complexity index is 1190. The molecule has 2 saturated heterocycles. The molecule has 0 unspecified atom stereocenters. The lowest BCUT2D eigenvalue weighted by Crippen LogP contribution is -2.55. The number of benzene rings is 2. The van der Waals surface area contributed by atoms with Crippen LogP contribution in [0, 0.1) is 13.8 Å². The van der Waals surface area contributed by atoms with Crippen molar-refractivity contribution >= 4 is 58.1 Å². The minimum Gasteiger partial charge on any atom is -0.474 e. The molecule has 2 heterocycles. The third kappa shape index (κ3) is 7.46. The van der Waals surface area contributed by atoms with Crippen LogP contribution in [0.25, 0.3) is 0 Å². The second-order valence-corrected chi connectivity index (χ2v) is 11.1. The first-order valence-corrected chi connectivity index (χ1v) is 13.9. The summed E-state index contributed by atoms with van der Waals surface area (Å²) < 4.78 is 0. The van der Waals surface area contributed by atoms with Gasteiger partial charge in [0.2, 0.25) is 5.78 Å². The molecule has 2 aliphatic rings. The standard InChI is InChI=1S/C15H19ClN2O2.C14H17ClN2O3/c1-10-8-13(4-5-14(10)16)18-7-6-17(9-11(18)2)15(20)12(3)19;1-9-7-11(3-4-12(9)15)17-6-5-16(8-10(17)2)13(18)14(19)20/h4-5,8,11H,6-7,9H2,1-3H3;3-4,7,10H,5-6,8H2,1-2H3,(H,19,20)/t11-;10-/m11/s1. The maximum absolute atomic E-state index is 11.7. The smallest absolute Gasteiger partial charge is 0.394 e. The Balaban J connectivity index is 0.000000220. The van der Waals surface area contributed by atoms with Gasteiger partial charge in [0.15, 0.2) is 0 Å². The molecule has 0 aliphatic carbocycles. The van der Waals surface area contributed by atoms with Crippen molar-refractivity contribution in [1.29, 1.82) is 0 Å². The maximum Gasteiger partial charge on any atom is 0.394 e. The number of Topliss-reactive ketones (excluding diaryl/α,β-unsaturated/α-hetero) is 1. The number of hydrogen-bond acceptors (Lipinski definition) is 6. The van der Waals surface area contributed by atoms with Crippen LogP contribution >= 0.6 is 23.2 Å². The van der Waals surface area contributed by atoms with Crippen molar-refractivity contribution in [3.05, 3.63) is 57.6 Å². The van der Waals surface area contributed by atoms with E-state index in [0.29, 0.717) is 32.7 Å². The highest BCUT2D eigenvalue weighted by Crippen LogP contribution is 2.27. The molecule has 2 aromatic rings. The summed E-state index contributed by atoms with van der Waals surface area (Å²) in [5, 5.41) is 10.2. The molecule has 40 heavy (non-hydrogen) atoms. The van der Waals surface area contributed by atoms with E-state index >= 15 is 0 Å². The number of aliphatic carboxylic acids is 1. The number of carboxylic acids is 1. The highest BCUT2D eigenvalue weighted by Gasteiger charge is 2.30. The molecular weight excluding hydrogens is 555 g/mol. The van der Waals surface area contributed by atoms with Crippen LogP contribution in [0.3, 0.4) is 0 Å². The number of aryl methyl sites for hydroxylation is 2. The van der Waals surface area contributed by atoms with Crippen molar-refractivity contribution in [3.63, 3.8) is 0 Å². The van der Waals surface area contributed by atoms with Crippen molar-refractivity contribution in [2.75, 3.05) is 49.1 Å². The van der Waals surface area contributed by atoms with Crippen molar-refractivity contribution < 1.29 is 24.3 Å². The highest BCUT2D eigenvalue weighted by atomic mass is 35.5. The summed E-state index contributed by atoms with van der Waals surface area (Å²) in [6.07, 6.45) is 0. The molecule has 0 spiro atoms. The first-order valence-electron chi connectivity index (χ1n) is 13.2. The fourth-order valence-electron chi connectivity index (χ4n) is 5.02. The third-order valence-corrected chi connectivity index (χ3v) is 8.11. The molecule has 2 amide bonds. The first kappa shape index (κ1) is 31.2. The summed E-state index contributed by atoms with van der Waals surface area (Å²) in [4.78, 5) is 52.5. The Hall–Kier alpha value is -3.30. The van der Waals surface area contributed by atoms with E-state index < -0.39 is 17.7 Å². The number of hydrogen-bond donors (Lipinski definition) is 1. The fraction of sp³-hybridized carbons (Fsp3) is 0.448. The van der Waals surface area contributed by atoms with Crippen molar-refractivity contribution in [2.24, 2.45) is 0 Å². The zero-order valence-corrected chi connectivity index (χ0v) is 25.0. The first-order chi connectivity index (χ1) is 18.8. The number of anilines is 2. The van der Waals surface area contributed by atoms with Gasteiger partial charge in [-0.3, -0.25) is 14.4 Å². The summed E-state index contributed by atoms with van der Waals surface area (Å²) in [6.45, 7) is 12.6. The van der Waals surface area contributed by atoms with Crippen LogP contribution in [-0.2, 0) is 19.2 Å². The Labute approximate surface area is 245 Å². The zero-order chi connectivity index (χ0) is 29.7. The molecule has 2 aromatic carbocycles. The molecule has 216 valence electrons. The molecular formula is C29H36Cl2N4O5. The Morgan fingerprint density at radius 3 is 1.45 bits per heavy atom. The number of carbonyl (C=O) groups excluding carboxylic acids is 3. The van der Waals surface area contributed by atoms with Crippen molar-refractivity contribution in [2.45, 2.75) is 46.7 Å². The monoisotopic (exact) mass is 590 g/mol. The molecule has 9 nitrogen and oxygen atoms in total. The fourth-order valence-corrected chi connectivity index (χ4v) is 5.26. The van der Waals surface area contributed by atoms with Gasteiger partial charge >= 0.3 is 11.9 Å². The molecule has 0 bridgehead atoms. The maximum atomic E-state index is 11.7. The van der Waals surface area contributed by atoms with Crippen LogP contribution < -0.4 is 9.80 Å². The van der Waals surface area contributed by atoms with Crippen LogP contribution in [-0.4, -0.2) is 89.8 Å². The van der Waals surface area contributed by atoms with Crippen LogP contribution in [0.1, 0.15) is 31.9 Å². The lowest BCUT2D eigenvalue weighted by Gasteiger charge is -2.41. The Kier molecular flexibility index (Phi) is 10.4. The number of nitrogens with zero attached hydrogens (tertiary/aromatic N) is 4. The number of ketones is 1. The largest absolute Gasteiger partial charge is 0.474 e. The lowest BCUT2D eigenvalue weighted by atomic mass is 10.1. The number of carbonyl (C=O) groups is 4. The van der Waals surface area contributed by atoms with E-state index in [-0.39, 0.29) is 18.0 Å². The second-order valence-electron chi connectivity index (χ2n) is 10.3. The molecule has 4 rings (SSSR count). The van der Waals surface area contributed by atoms with Gasteiger partial charge in [0.25, 0.3) is 5.91 Å². The second kappa shape index (κ2) is 13.4. The molecule has 1 N–H and O–H groups in total. The van der Waals surface area contributed by atoms with E-state index in [0.717, 1.165) is 39.1 Å². The third-order valence-electron chi connectivity index (χ3n) is 7.26. The van der Waals surface area contributed by atoms with Gasteiger partial charge < -0.3 is 24.7 Å². The molecule has 2 atom stereocenters. The summed E-state index contributed by atoms with van der Waals surface area (Å²) >= 11 is 12.1. The number of halogens is 2. The van der Waals surface area contributed by atoms with Crippen molar-refractivity contribution in [3.8, 4) is 0 Å². The van der Waals surface area contributed by atoms with Gasteiger partial charge in [-0.15, -0.1) is 0 Å². The lowest BCUT2D eigenvalue weighted by molar-refractivity contribution is -0.156. The zero-order valence-electron chi connectivity index (χ0n) is 23.5. The molecule has 0 radical (unpaired) electrons. The Morgan fingerprint density at radius 1 is 0.725 bits per heavy atom. The average molecular weight is 592 g/mol. The normalized spacial score (nSPS) is 19.1. The van der Waals surface area contributed by atoms with Crippen LogP contribution in [0.4, 0.5) is 11.4 Å². The SMILES string of the molecule is CC(=O)C(=O)N1CCN(c2ccc(Cl)c(C)c2)[C@H](C)C1.Cc1cc(N2CCN(C(=O)C(=O)O)C[C@H]2C)ccc1Cl. The summed E-state index contributed by atoms with van der Waals surface area (Å²) in [6, 6.07) is 12.0. The van der Waals surface area contributed by atoms with Gasteiger partial charge in [0.1, 0.15) is 0 Å². The van der Waals surface area contributed by atoms with Crippen LogP contribution in [0.2, 0.25) is 10.0 Å². The van der Waals surface area contributed by atoms with E-state index in [1.165, 1.54) is 11.8 Å². The molecule has 2 aliphatic heterocycles. The topological polar surface area (TPSA) is 101 Å². The van der Waals surface area contributed by atoms with Gasteiger partial charge in [0, 0.05) is 79.7 Å². The van der Waals surface area contributed by atoms with Crippen molar-refractivity contribution in [1.82, 2.24) is 9.80 Å². The van der Waals surface area contributed by atoms with Crippen LogP contribution in [0.5, 0.6) is 0 Å². The molecule has 11 heteroatoms. The van der Waals surface area contributed by atoms with E-state index in [2.05, 4.69) is 22.8 Å². The van der Waals surface area contributed by atoms with Crippen LogP contribution in [0.15, 0.2) is 36.4 Å². The minimum atomic E-state index is -1.40. The molecule has 0 saturated carbocycles. The van der Waals surface area contributed by atoms with E-state index in [1.54, 1.807) is 4.90 Å². The van der Waals surface area contributed by atoms with Gasteiger partial charge in [-0.05, 0) is 75.2 Å². The quantitative estimate of drug-likeness (QED) is 0.538. The van der Waals surface area contributed by atoms with E-state index in [1.807, 2.05) is 51.1 Å². The molecule has 2 fully saturated rings. The predicted molar refractivity (Wildman–Crippen MR) is 157 cm³/mol. The van der Waals surface area contributed by atoms with Gasteiger partial charge in [-0.1, -0.05) is 23.2 Å². The van der Waals surface area contributed by atoms with E-state index in [4.69, 9.17) is 28.3 Å². The number of rotatable bonds is 3. The highest BCUT2D eigenvalue weighted by molar-refractivity contribution is 6.35. The Morgan fingerprint density at radius 2 is 1.12 bits per heavy atom. The van der Waals surface area contributed by atoms with Gasteiger partial charge in [0.05, 0.1) is 0 Å². The van der Waals surface area contributed by atoms with Gasteiger partial charge in [-0.2, -0.15) is 0 Å². The predicted octanol–water partition coefficient (Wildman–Crippen LogP) is 4.04. The summed E-state index contributed by atoms with van der Waals surface area (Å²) in [5.74, 6) is -3.01.